The van der Waals surface area contributed by atoms with Gasteiger partial charge in [0.2, 0.25) is 5.78 Å². The summed E-state index contributed by atoms with van der Waals surface area (Å²) in [6.07, 6.45) is 1.75. The molecule has 2 aromatic rings. The molecule has 2 heterocycles. The van der Waals surface area contributed by atoms with Crippen molar-refractivity contribution < 1.29 is 29.2 Å². The number of ether oxygens (including phenoxy) is 2. The van der Waals surface area contributed by atoms with Crippen LogP contribution in [-0.2, 0) is 6.54 Å². The van der Waals surface area contributed by atoms with E-state index in [0.717, 1.165) is 49.6 Å². The third-order valence-corrected chi connectivity index (χ3v) is 6.00. The molecular formula is C24H30N2O4+2. The first-order valence-electron chi connectivity index (χ1n) is 10.8. The van der Waals surface area contributed by atoms with Gasteiger partial charge in [-0.2, -0.15) is 0 Å². The predicted molar refractivity (Wildman–Crippen MR) is 114 cm³/mol. The molecule has 3 N–H and O–H groups in total. The highest BCUT2D eigenvalue weighted by atomic mass is 16.5. The van der Waals surface area contributed by atoms with Crippen LogP contribution in [0.3, 0.4) is 0 Å². The number of hydrogen-bond donors (Lipinski definition) is 3. The lowest BCUT2D eigenvalue weighted by Crippen LogP contribution is -3.27. The Morgan fingerprint density at radius 3 is 2.40 bits per heavy atom. The third-order valence-electron chi connectivity index (χ3n) is 6.00. The molecular weight excluding hydrogens is 380 g/mol. The molecule has 0 aliphatic carbocycles. The number of allylic oxidation sites excluding steroid dienone is 1. The quantitative estimate of drug-likeness (QED) is 0.614. The molecule has 6 nitrogen and oxygen atoms in total. The summed E-state index contributed by atoms with van der Waals surface area (Å²) in [5.41, 5.74) is 2.12. The molecule has 2 aromatic carbocycles. The molecule has 0 unspecified atom stereocenters. The maximum Gasteiger partial charge on any atom is 0.231 e. The number of rotatable bonds is 6. The molecule has 0 amide bonds. The van der Waals surface area contributed by atoms with E-state index in [9.17, 15) is 9.90 Å². The Kier molecular flexibility index (Phi) is 6.06. The molecule has 158 valence electrons. The molecule has 0 aromatic heterocycles. The minimum absolute atomic E-state index is 0.143. The van der Waals surface area contributed by atoms with Crippen molar-refractivity contribution in [3.05, 3.63) is 58.8 Å². The van der Waals surface area contributed by atoms with E-state index in [1.807, 2.05) is 31.2 Å². The van der Waals surface area contributed by atoms with Crippen LogP contribution >= 0.6 is 0 Å². The van der Waals surface area contributed by atoms with E-state index in [2.05, 4.69) is 6.92 Å². The van der Waals surface area contributed by atoms with Crippen molar-refractivity contribution in [3.63, 3.8) is 0 Å². The minimum atomic E-state index is -0.143. The van der Waals surface area contributed by atoms with Crippen molar-refractivity contribution in [2.45, 2.75) is 20.4 Å². The normalized spacial score (nSPS) is 22.1. The Morgan fingerprint density at radius 1 is 1.03 bits per heavy atom. The average Bonchev–Trinajstić information content (AvgIpc) is 3.08. The maximum absolute atomic E-state index is 12.9. The fourth-order valence-electron chi connectivity index (χ4n) is 4.18. The molecule has 0 bridgehead atoms. The van der Waals surface area contributed by atoms with Crippen molar-refractivity contribution in [1.29, 1.82) is 0 Å². The summed E-state index contributed by atoms with van der Waals surface area (Å²) in [5, 5.41) is 10.5. The number of hydrogen-bond acceptors (Lipinski definition) is 4. The lowest BCUT2D eigenvalue weighted by atomic mass is 10.0. The summed E-state index contributed by atoms with van der Waals surface area (Å²) in [7, 11) is 0. The number of phenolic OH excluding ortho intramolecular Hbond substituents is 1. The van der Waals surface area contributed by atoms with E-state index >= 15 is 0 Å². The van der Waals surface area contributed by atoms with Crippen molar-refractivity contribution in [3.8, 4) is 17.2 Å². The molecule has 4 rings (SSSR count). The smallest absolute Gasteiger partial charge is 0.231 e. The lowest BCUT2D eigenvalue weighted by molar-refractivity contribution is -1.02. The Hall–Kier alpha value is -2.83. The van der Waals surface area contributed by atoms with E-state index in [-0.39, 0.29) is 17.3 Å². The van der Waals surface area contributed by atoms with Gasteiger partial charge in [-0.15, -0.1) is 0 Å². The second kappa shape index (κ2) is 8.90. The molecule has 1 fully saturated rings. The SMILES string of the molecule is CCOc1ccc(C=C2Oc3c(ccc(O)c3C[NH+]3CC[NH+](CC)CC3)C2=O)cc1. The zero-order valence-corrected chi connectivity index (χ0v) is 17.7. The standard InChI is InChI=1S/C24H28N2O4/c1-3-25-11-13-26(14-12-25)16-20-21(27)10-9-19-23(28)22(30-24(19)20)15-17-5-7-18(8-6-17)29-4-2/h5-10,15,27H,3-4,11-14,16H2,1-2H3/p+2. The van der Waals surface area contributed by atoms with E-state index in [4.69, 9.17) is 9.47 Å². The molecule has 2 aliphatic rings. The number of piperazine rings is 1. The van der Waals surface area contributed by atoms with Crippen LogP contribution in [-0.4, -0.2) is 50.2 Å². The van der Waals surface area contributed by atoms with Gasteiger partial charge in [0.15, 0.2) is 11.5 Å². The third kappa shape index (κ3) is 4.20. The van der Waals surface area contributed by atoms with E-state index < -0.39 is 0 Å². The summed E-state index contributed by atoms with van der Waals surface area (Å²) in [6.45, 7) is 10.9. The number of nitrogens with one attached hydrogen (secondary N) is 2. The van der Waals surface area contributed by atoms with Crippen LogP contribution in [0.15, 0.2) is 42.2 Å². The molecule has 0 radical (unpaired) electrons. The van der Waals surface area contributed by atoms with Crippen molar-refractivity contribution in [1.82, 2.24) is 0 Å². The summed E-state index contributed by atoms with van der Waals surface area (Å²) in [5.74, 6) is 1.64. The first-order chi connectivity index (χ1) is 14.6. The highest BCUT2D eigenvalue weighted by Gasteiger charge is 2.33. The number of benzene rings is 2. The Balaban J connectivity index is 1.54. The molecule has 0 saturated carbocycles. The number of Topliss-reactive ketones (excluding diaryl/α,β-unsaturated/α-hetero) is 1. The molecule has 0 spiro atoms. The van der Waals surface area contributed by atoms with Gasteiger partial charge in [-0.3, -0.25) is 4.79 Å². The zero-order chi connectivity index (χ0) is 21.1. The molecule has 2 aliphatic heterocycles. The van der Waals surface area contributed by atoms with Gasteiger partial charge >= 0.3 is 0 Å². The van der Waals surface area contributed by atoms with Crippen LogP contribution in [0.1, 0.15) is 35.3 Å². The van der Waals surface area contributed by atoms with Crippen LogP contribution < -0.4 is 19.3 Å². The molecule has 30 heavy (non-hydrogen) atoms. The highest BCUT2D eigenvalue weighted by Crippen LogP contribution is 2.39. The van der Waals surface area contributed by atoms with Crippen LogP contribution in [0.25, 0.3) is 6.08 Å². The summed E-state index contributed by atoms with van der Waals surface area (Å²) in [4.78, 5) is 15.9. The van der Waals surface area contributed by atoms with Gasteiger partial charge in [0.25, 0.3) is 0 Å². The zero-order valence-electron chi connectivity index (χ0n) is 17.7. The van der Waals surface area contributed by atoms with E-state index in [0.29, 0.717) is 24.5 Å². The first kappa shape index (κ1) is 20.4. The number of likely N-dealkylation sites (N-methyl/N-ethyl adjacent to an activating group) is 1. The van der Waals surface area contributed by atoms with Crippen LogP contribution in [0.5, 0.6) is 17.2 Å². The number of fused-ring (bicyclic) bond motifs is 1. The summed E-state index contributed by atoms with van der Waals surface area (Å²) < 4.78 is 11.5. The number of carbonyl (C=O) groups excluding carboxylic acids is 1. The van der Waals surface area contributed by atoms with Crippen molar-refractivity contribution >= 4 is 11.9 Å². The number of ketones is 1. The topological polar surface area (TPSA) is 64.6 Å². The molecule has 0 atom stereocenters. The minimum Gasteiger partial charge on any atom is -0.507 e. The second-order valence-corrected chi connectivity index (χ2v) is 7.91. The number of phenols is 1. The van der Waals surface area contributed by atoms with E-state index in [1.165, 1.54) is 4.90 Å². The van der Waals surface area contributed by atoms with Gasteiger partial charge in [-0.05, 0) is 49.8 Å². The van der Waals surface area contributed by atoms with Gasteiger partial charge in [-0.25, -0.2) is 0 Å². The number of aromatic hydroxyl groups is 1. The predicted octanol–water partition coefficient (Wildman–Crippen LogP) is 0.710. The highest BCUT2D eigenvalue weighted by molar-refractivity contribution is 6.14. The Bertz CT molecular complexity index is 944. The first-order valence-corrected chi connectivity index (χ1v) is 10.8. The number of quaternary nitrogens is 2. The van der Waals surface area contributed by atoms with Crippen molar-refractivity contribution in [2.75, 3.05) is 39.3 Å². The van der Waals surface area contributed by atoms with Crippen LogP contribution in [0.4, 0.5) is 0 Å². The van der Waals surface area contributed by atoms with Gasteiger partial charge in [0.05, 0.1) is 24.3 Å². The van der Waals surface area contributed by atoms with Crippen molar-refractivity contribution in [2.24, 2.45) is 0 Å². The van der Waals surface area contributed by atoms with Gasteiger partial charge < -0.3 is 24.4 Å². The Morgan fingerprint density at radius 2 is 1.73 bits per heavy atom. The lowest BCUT2D eigenvalue weighted by Gasteiger charge is -2.29. The summed E-state index contributed by atoms with van der Waals surface area (Å²) in [6, 6.07) is 10.8. The maximum atomic E-state index is 12.9. The fourth-order valence-corrected chi connectivity index (χ4v) is 4.18. The summed E-state index contributed by atoms with van der Waals surface area (Å²) >= 11 is 0. The monoisotopic (exact) mass is 410 g/mol. The Labute approximate surface area is 177 Å². The molecule has 6 heteroatoms. The van der Waals surface area contributed by atoms with Gasteiger partial charge in [0, 0.05) is 0 Å². The van der Waals surface area contributed by atoms with Gasteiger partial charge in [0.1, 0.15) is 44.2 Å². The van der Waals surface area contributed by atoms with Crippen LogP contribution in [0.2, 0.25) is 0 Å². The van der Waals surface area contributed by atoms with Gasteiger partial charge in [-0.1, -0.05) is 12.1 Å². The largest absolute Gasteiger partial charge is 0.507 e. The fraction of sp³-hybridized carbons (Fsp3) is 0.375. The molecule has 1 saturated heterocycles. The average molecular weight is 411 g/mol. The second-order valence-electron chi connectivity index (χ2n) is 7.91. The van der Waals surface area contributed by atoms with Crippen LogP contribution in [0, 0.1) is 0 Å². The number of carbonyl (C=O) groups is 1. The van der Waals surface area contributed by atoms with E-state index in [1.54, 1.807) is 23.1 Å².